The van der Waals surface area contributed by atoms with Gasteiger partial charge in [0.25, 0.3) is 0 Å². The molecule has 0 saturated carbocycles. The van der Waals surface area contributed by atoms with Crippen molar-refractivity contribution in [1.82, 2.24) is 14.7 Å². The van der Waals surface area contributed by atoms with Crippen LogP contribution in [0.2, 0.25) is 0 Å². The van der Waals surface area contributed by atoms with E-state index in [4.69, 9.17) is 0 Å². The van der Waals surface area contributed by atoms with Gasteiger partial charge in [-0.25, -0.2) is 0 Å². The van der Waals surface area contributed by atoms with Crippen molar-refractivity contribution in [2.45, 2.75) is 19.9 Å². The molecule has 0 aromatic rings. The van der Waals surface area contributed by atoms with E-state index in [1.165, 1.54) is 16.8 Å². The highest BCUT2D eigenvalue weighted by Gasteiger charge is 2.17. The Labute approximate surface area is 109 Å². The lowest BCUT2D eigenvalue weighted by Gasteiger charge is -2.25. The Balaban J connectivity index is 4.23. The lowest BCUT2D eigenvalue weighted by molar-refractivity contribution is -0.139. The molecule has 0 heterocycles. The van der Waals surface area contributed by atoms with Gasteiger partial charge in [-0.2, -0.15) is 0 Å². The number of hydrogen-bond donors (Lipinski definition) is 0. The summed E-state index contributed by atoms with van der Waals surface area (Å²) in [5.41, 5.74) is 0. The van der Waals surface area contributed by atoms with Crippen molar-refractivity contribution in [3.8, 4) is 0 Å². The largest absolute Gasteiger partial charge is 0.337 e. The van der Waals surface area contributed by atoms with Crippen LogP contribution in [0.3, 0.4) is 0 Å². The van der Waals surface area contributed by atoms with E-state index in [1.54, 1.807) is 7.05 Å². The molecule has 6 heteroatoms. The zero-order valence-corrected chi connectivity index (χ0v) is 11.8. The van der Waals surface area contributed by atoms with Crippen LogP contribution < -0.4 is 0 Å². The van der Waals surface area contributed by atoms with E-state index in [0.29, 0.717) is 6.29 Å². The summed E-state index contributed by atoms with van der Waals surface area (Å²) in [6.45, 7) is 4.31. The zero-order valence-electron chi connectivity index (χ0n) is 11.8. The van der Waals surface area contributed by atoms with Crippen molar-refractivity contribution in [3.63, 3.8) is 0 Å². The Hall–Kier alpha value is -1.43. The maximum atomic E-state index is 11.8. The summed E-state index contributed by atoms with van der Waals surface area (Å²) in [5.74, 6) is -0.357. The quantitative estimate of drug-likeness (QED) is 0.574. The second kappa shape index (κ2) is 7.81. The minimum Gasteiger partial charge on any atom is -0.337 e. The standard InChI is InChI=1S/C12H23N3O3/c1-10(2)14(4)8-12(18)15(5)9-11(17)13(3)6-7-16/h7,10H,6,8-9H2,1-5H3. The highest BCUT2D eigenvalue weighted by Crippen LogP contribution is 1.96. The molecule has 0 aliphatic heterocycles. The Bertz CT molecular complexity index is 305. The smallest absolute Gasteiger partial charge is 0.242 e. The molecule has 6 nitrogen and oxygen atoms in total. The van der Waals surface area contributed by atoms with Crippen molar-refractivity contribution >= 4 is 18.1 Å². The van der Waals surface area contributed by atoms with Crippen molar-refractivity contribution in [2.75, 3.05) is 40.8 Å². The van der Waals surface area contributed by atoms with Gasteiger partial charge in [0.05, 0.1) is 19.6 Å². The first-order valence-corrected chi connectivity index (χ1v) is 5.91. The molecule has 0 aromatic heterocycles. The Morgan fingerprint density at radius 3 is 1.94 bits per heavy atom. The van der Waals surface area contributed by atoms with Crippen LogP contribution in [-0.2, 0) is 14.4 Å². The van der Waals surface area contributed by atoms with E-state index in [2.05, 4.69) is 0 Å². The molecule has 0 unspecified atom stereocenters. The fourth-order valence-corrected chi connectivity index (χ4v) is 1.14. The summed E-state index contributed by atoms with van der Waals surface area (Å²) in [5, 5.41) is 0. The molecule has 0 spiro atoms. The summed E-state index contributed by atoms with van der Waals surface area (Å²) in [4.78, 5) is 38.3. The van der Waals surface area contributed by atoms with Gasteiger partial charge in [0, 0.05) is 20.1 Å². The number of hydrogen-bond acceptors (Lipinski definition) is 4. The first-order valence-electron chi connectivity index (χ1n) is 5.91. The fourth-order valence-electron chi connectivity index (χ4n) is 1.14. The summed E-state index contributed by atoms with van der Waals surface area (Å²) in [6.07, 6.45) is 0.659. The lowest BCUT2D eigenvalue weighted by atomic mass is 10.3. The molecule has 0 aliphatic rings. The lowest BCUT2D eigenvalue weighted by Crippen LogP contribution is -2.44. The summed E-state index contributed by atoms with van der Waals surface area (Å²) < 4.78 is 0. The normalized spacial score (nSPS) is 10.6. The van der Waals surface area contributed by atoms with Crippen molar-refractivity contribution in [2.24, 2.45) is 0 Å². The van der Waals surface area contributed by atoms with Crippen molar-refractivity contribution in [3.05, 3.63) is 0 Å². The topological polar surface area (TPSA) is 60.9 Å². The van der Waals surface area contributed by atoms with Crippen molar-refractivity contribution in [1.29, 1.82) is 0 Å². The second-order valence-corrected chi connectivity index (χ2v) is 4.70. The first kappa shape index (κ1) is 16.6. The van der Waals surface area contributed by atoms with E-state index in [1.807, 2.05) is 25.8 Å². The molecule has 0 rings (SSSR count). The summed E-state index contributed by atoms with van der Waals surface area (Å²) in [7, 11) is 4.98. The molecular weight excluding hydrogens is 234 g/mol. The van der Waals surface area contributed by atoms with Crippen LogP contribution in [0.5, 0.6) is 0 Å². The van der Waals surface area contributed by atoms with Gasteiger partial charge < -0.3 is 14.6 Å². The average molecular weight is 257 g/mol. The zero-order chi connectivity index (χ0) is 14.3. The van der Waals surface area contributed by atoms with Crippen LogP contribution in [0.25, 0.3) is 0 Å². The number of likely N-dealkylation sites (N-methyl/N-ethyl adjacent to an activating group) is 3. The van der Waals surface area contributed by atoms with E-state index >= 15 is 0 Å². The first-order chi connectivity index (χ1) is 8.29. The van der Waals surface area contributed by atoms with Gasteiger partial charge >= 0.3 is 0 Å². The highest BCUT2D eigenvalue weighted by atomic mass is 16.2. The van der Waals surface area contributed by atoms with Gasteiger partial charge in [-0.15, -0.1) is 0 Å². The fraction of sp³-hybridized carbons (Fsp3) is 0.750. The molecule has 0 bridgehead atoms. The Morgan fingerprint density at radius 2 is 1.50 bits per heavy atom. The average Bonchev–Trinajstić information content (AvgIpc) is 2.28. The van der Waals surface area contributed by atoms with Crippen molar-refractivity contribution < 1.29 is 14.4 Å². The highest BCUT2D eigenvalue weighted by molar-refractivity contribution is 5.86. The predicted octanol–water partition coefficient (Wildman–Crippen LogP) is -0.558. The van der Waals surface area contributed by atoms with Gasteiger partial charge in [-0.05, 0) is 20.9 Å². The van der Waals surface area contributed by atoms with Crippen LogP contribution in [0.15, 0.2) is 0 Å². The third kappa shape index (κ3) is 5.77. The third-order valence-corrected chi connectivity index (χ3v) is 2.84. The number of carbonyl (C=O) groups excluding carboxylic acids is 3. The summed E-state index contributed by atoms with van der Waals surface area (Å²) >= 11 is 0. The molecular formula is C12H23N3O3. The van der Waals surface area contributed by atoms with Gasteiger partial charge in [-0.1, -0.05) is 0 Å². The molecule has 18 heavy (non-hydrogen) atoms. The van der Waals surface area contributed by atoms with Gasteiger partial charge in [0.15, 0.2) is 0 Å². The number of carbonyl (C=O) groups is 3. The van der Waals surface area contributed by atoms with Crippen LogP contribution in [-0.4, -0.2) is 79.6 Å². The predicted molar refractivity (Wildman–Crippen MR) is 69.1 cm³/mol. The van der Waals surface area contributed by atoms with E-state index in [9.17, 15) is 14.4 Å². The molecule has 2 amide bonds. The number of rotatable bonds is 7. The second-order valence-electron chi connectivity index (χ2n) is 4.70. The Kier molecular flexibility index (Phi) is 7.19. The molecule has 0 aromatic carbocycles. The SMILES string of the molecule is CC(C)N(C)CC(=O)N(C)CC(=O)N(C)CC=O. The number of nitrogens with zero attached hydrogens (tertiary/aromatic N) is 3. The van der Waals surface area contributed by atoms with Crippen LogP contribution in [0.1, 0.15) is 13.8 Å². The molecule has 104 valence electrons. The van der Waals surface area contributed by atoms with Gasteiger partial charge in [-0.3, -0.25) is 14.5 Å². The molecule has 0 saturated heterocycles. The van der Waals surface area contributed by atoms with E-state index < -0.39 is 0 Å². The molecule has 0 N–H and O–H groups in total. The molecule has 0 radical (unpaired) electrons. The van der Waals surface area contributed by atoms with Crippen LogP contribution >= 0.6 is 0 Å². The third-order valence-electron chi connectivity index (χ3n) is 2.84. The monoisotopic (exact) mass is 257 g/mol. The number of aldehydes is 1. The van der Waals surface area contributed by atoms with Gasteiger partial charge in [0.1, 0.15) is 6.29 Å². The summed E-state index contributed by atoms with van der Waals surface area (Å²) in [6, 6.07) is 0.274. The van der Waals surface area contributed by atoms with Crippen LogP contribution in [0, 0.1) is 0 Å². The van der Waals surface area contributed by atoms with Gasteiger partial charge in [0.2, 0.25) is 11.8 Å². The molecule has 0 atom stereocenters. The minimum atomic E-state index is -0.245. The maximum Gasteiger partial charge on any atom is 0.242 e. The van der Waals surface area contributed by atoms with E-state index in [-0.39, 0.29) is 37.5 Å². The van der Waals surface area contributed by atoms with Crippen LogP contribution in [0.4, 0.5) is 0 Å². The molecule has 0 aliphatic carbocycles. The number of amides is 2. The van der Waals surface area contributed by atoms with E-state index in [0.717, 1.165) is 0 Å². The molecule has 0 fully saturated rings. The Morgan fingerprint density at radius 1 is 1.00 bits per heavy atom. The minimum absolute atomic E-state index is 0.00485. The maximum absolute atomic E-state index is 11.8.